The van der Waals surface area contributed by atoms with E-state index in [1.807, 2.05) is 0 Å². The fourth-order valence-electron chi connectivity index (χ4n) is 2.61. The number of carbonyl (C=O) groups excluding carboxylic acids is 2. The predicted octanol–water partition coefficient (Wildman–Crippen LogP) is 2.65. The van der Waals surface area contributed by atoms with Crippen LogP contribution in [-0.2, 0) is 19.6 Å². The van der Waals surface area contributed by atoms with E-state index >= 15 is 0 Å². The zero-order valence-electron chi connectivity index (χ0n) is 17.7. The van der Waals surface area contributed by atoms with E-state index in [1.54, 1.807) is 13.0 Å². The van der Waals surface area contributed by atoms with Gasteiger partial charge in [-0.25, -0.2) is 17.5 Å². The van der Waals surface area contributed by atoms with Crippen LogP contribution in [0.3, 0.4) is 0 Å². The normalized spacial score (nSPS) is 12.3. The molecule has 1 N–H and O–H groups in total. The number of nitrogens with one attached hydrogen (secondary N) is 1. The summed E-state index contributed by atoms with van der Waals surface area (Å²) in [6.45, 7) is 4.54. The van der Waals surface area contributed by atoms with Gasteiger partial charge in [0.05, 0.1) is 15.4 Å². The molecule has 2 aromatic rings. The van der Waals surface area contributed by atoms with Crippen LogP contribution in [0, 0.1) is 24.0 Å². The first-order valence-electron chi connectivity index (χ1n) is 9.14. The molecule has 0 saturated carbocycles. The third-order valence-corrected chi connectivity index (χ3v) is 6.34. The third kappa shape index (κ3) is 5.44. The van der Waals surface area contributed by atoms with Gasteiger partial charge < -0.3 is 10.1 Å². The maximum atomic E-state index is 12.5. The topological polar surface area (TPSA) is 136 Å². The lowest BCUT2D eigenvalue weighted by Gasteiger charge is -2.17. The molecule has 166 valence electrons. The molecule has 0 fully saturated rings. The Morgan fingerprint density at radius 3 is 2.29 bits per heavy atom. The van der Waals surface area contributed by atoms with Crippen molar-refractivity contribution in [3.63, 3.8) is 0 Å². The maximum absolute atomic E-state index is 12.5. The summed E-state index contributed by atoms with van der Waals surface area (Å²) < 4.78 is 30.8. The quantitative estimate of drug-likeness (QED) is 0.390. The molecule has 0 heterocycles. The first-order chi connectivity index (χ1) is 14.3. The summed E-state index contributed by atoms with van der Waals surface area (Å²) in [5.41, 5.74) is 1.10. The van der Waals surface area contributed by atoms with Gasteiger partial charge in [0.25, 0.3) is 11.6 Å². The molecule has 0 aliphatic heterocycles. The van der Waals surface area contributed by atoms with Crippen molar-refractivity contribution in [3.05, 3.63) is 63.2 Å². The summed E-state index contributed by atoms with van der Waals surface area (Å²) in [6.07, 6.45) is -1.20. The lowest BCUT2D eigenvalue weighted by molar-refractivity contribution is -0.385. The van der Waals surface area contributed by atoms with Crippen molar-refractivity contribution in [2.45, 2.75) is 31.8 Å². The Balaban J connectivity index is 2.15. The number of anilines is 1. The number of amides is 1. The van der Waals surface area contributed by atoms with Gasteiger partial charge in [-0.1, -0.05) is 6.07 Å². The molecule has 0 bridgehead atoms. The second-order valence-electron chi connectivity index (χ2n) is 7.06. The van der Waals surface area contributed by atoms with Gasteiger partial charge >= 0.3 is 5.97 Å². The van der Waals surface area contributed by atoms with E-state index in [0.717, 1.165) is 4.31 Å². The Labute approximate surface area is 180 Å². The molecule has 2 aromatic carbocycles. The number of hydrogen-bond acceptors (Lipinski definition) is 7. The highest BCUT2D eigenvalue weighted by Crippen LogP contribution is 2.23. The molecule has 0 aliphatic carbocycles. The molecular weight excluding hydrogens is 426 g/mol. The summed E-state index contributed by atoms with van der Waals surface area (Å²) >= 11 is 0. The average molecular weight is 449 g/mol. The Morgan fingerprint density at radius 1 is 1.10 bits per heavy atom. The van der Waals surface area contributed by atoms with Gasteiger partial charge in [0, 0.05) is 31.4 Å². The van der Waals surface area contributed by atoms with Crippen molar-refractivity contribution in [1.82, 2.24) is 4.31 Å². The van der Waals surface area contributed by atoms with Crippen LogP contribution < -0.4 is 5.32 Å². The zero-order valence-corrected chi connectivity index (χ0v) is 18.5. The molecule has 1 atom stereocenters. The standard InChI is InChI=1S/C20H23N3O7S/c1-12-6-8-16(31(28,29)22(4)5)11-17(12)21-19(24)14(3)30-20(25)15-7-9-18(23(26)27)13(2)10-15/h6-11,14H,1-5H3,(H,21,24)/t14-/m1/s1. The lowest BCUT2D eigenvalue weighted by atomic mass is 10.1. The van der Waals surface area contributed by atoms with Crippen LogP contribution in [0.1, 0.15) is 28.4 Å². The van der Waals surface area contributed by atoms with E-state index in [-0.39, 0.29) is 27.4 Å². The smallest absolute Gasteiger partial charge is 0.338 e. The van der Waals surface area contributed by atoms with Crippen LogP contribution in [0.25, 0.3) is 0 Å². The maximum Gasteiger partial charge on any atom is 0.338 e. The fourth-order valence-corrected chi connectivity index (χ4v) is 3.54. The second kappa shape index (κ2) is 9.23. The van der Waals surface area contributed by atoms with Crippen molar-refractivity contribution >= 4 is 33.3 Å². The van der Waals surface area contributed by atoms with Crippen LogP contribution in [0.4, 0.5) is 11.4 Å². The summed E-state index contributed by atoms with van der Waals surface area (Å²) in [6, 6.07) is 8.07. The minimum atomic E-state index is -3.69. The summed E-state index contributed by atoms with van der Waals surface area (Å²) in [7, 11) is -0.897. The first kappa shape index (κ1) is 24.0. The number of sulfonamides is 1. The number of carbonyl (C=O) groups is 2. The van der Waals surface area contributed by atoms with Crippen LogP contribution in [0.2, 0.25) is 0 Å². The van der Waals surface area contributed by atoms with E-state index in [1.165, 1.54) is 58.3 Å². The molecular formula is C20H23N3O7S. The molecule has 11 heteroatoms. The average Bonchev–Trinajstić information content (AvgIpc) is 2.68. The zero-order chi connectivity index (χ0) is 23.5. The van der Waals surface area contributed by atoms with Crippen molar-refractivity contribution in [2.75, 3.05) is 19.4 Å². The fraction of sp³-hybridized carbons (Fsp3) is 0.300. The van der Waals surface area contributed by atoms with Gasteiger partial charge in [0.15, 0.2) is 6.10 Å². The highest BCUT2D eigenvalue weighted by atomic mass is 32.2. The van der Waals surface area contributed by atoms with Crippen molar-refractivity contribution in [3.8, 4) is 0 Å². The minimum Gasteiger partial charge on any atom is -0.449 e. The molecule has 10 nitrogen and oxygen atoms in total. The Bertz CT molecular complexity index is 1140. The number of aryl methyl sites for hydroxylation is 2. The number of hydrogen-bond donors (Lipinski definition) is 1. The van der Waals surface area contributed by atoms with Gasteiger partial charge in [0.2, 0.25) is 10.0 Å². The largest absolute Gasteiger partial charge is 0.449 e. The lowest BCUT2D eigenvalue weighted by Crippen LogP contribution is -2.30. The van der Waals surface area contributed by atoms with E-state index < -0.39 is 32.9 Å². The monoisotopic (exact) mass is 449 g/mol. The van der Waals surface area contributed by atoms with E-state index in [9.17, 15) is 28.1 Å². The highest BCUT2D eigenvalue weighted by Gasteiger charge is 2.23. The Hall–Kier alpha value is -3.31. The summed E-state index contributed by atoms with van der Waals surface area (Å²) in [4.78, 5) is 35.1. The van der Waals surface area contributed by atoms with Crippen molar-refractivity contribution in [2.24, 2.45) is 0 Å². The number of benzene rings is 2. The molecule has 0 radical (unpaired) electrons. The minimum absolute atomic E-state index is 0.00408. The number of rotatable bonds is 7. The second-order valence-corrected chi connectivity index (χ2v) is 9.21. The number of nitro groups is 1. The van der Waals surface area contributed by atoms with E-state index in [4.69, 9.17) is 4.74 Å². The number of esters is 1. The van der Waals surface area contributed by atoms with Gasteiger partial charge in [-0.05, 0) is 50.6 Å². The SMILES string of the molecule is Cc1ccc(S(=O)(=O)N(C)C)cc1NC(=O)[C@@H](C)OC(=O)c1ccc([N+](=O)[O-])c(C)c1. The molecule has 0 spiro atoms. The summed E-state index contributed by atoms with van der Waals surface area (Å²) in [5.74, 6) is -1.48. The molecule has 2 rings (SSSR count). The van der Waals surface area contributed by atoms with Gasteiger partial charge in [0.1, 0.15) is 0 Å². The molecule has 0 aliphatic rings. The molecule has 0 unspecified atom stereocenters. The predicted molar refractivity (Wildman–Crippen MR) is 113 cm³/mol. The van der Waals surface area contributed by atoms with Gasteiger partial charge in [-0.3, -0.25) is 14.9 Å². The van der Waals surface area contributed by atoms with E-state index in [2.05, 4.69) is 5.32 Å². The van der Waals surface area contributed by atoms with Crippen LogP contribution in [0.5, 0.6) is 0 Å². The van der Waals surface area contributed by atoms with Gasteiger partial charge in [-0.2, -0.15) is 0 Å². The number of ether oxygens (including phenoxy) is 1. The molecule has 0 saturated heterocycles. The van der Waals surface area contributed by atoms with Crippen LogP contribution >= 0.6 is 0 Å². The van der Waals surface area contributed by atoms with E-state index in [0.29, 0.717) is 5.56 Å². The number of nitrogens with zero attached hydrogens (tertiary/aromatic N) is 2. The van der Waals surface area contributed by atoms with Crippen molar-refractivity contribution < 1.29 is 27.7 Å². The summed E-state index contributed by atoms with van der Waals surface area (Å²) in [5, 5.41) is 13.5. The molecule has 0 aromatic heterocycles. The number of nitro benzene ring substituents is 1. The van der Waals surface area contributed by atoms with Crippen LogP contribution in [0.15, 0.2) is 41.3 Å². The van der Waals surface area contributed by atoms with Crippen LogP contribution in [-0.4, -0.2) is 49.7 Å². The Morgan fingerprint density at radius 2 is 1.74 bits per heavy atom. The molecule has 31 heavy (non-hydrogen) atoms. The first-order valence-corrected chi connectivity index (χ1v) is 10.6. The Kier molecular flexibility index (Phi) is 7.13. The third-order valence-electron chi connectivity index (χ3n) is 4.53. The van der Waals surface area contributed by atoms with Crippen molar-refractivity contribution in [1.29, 1.82) is 0 Å². The highest BCUT2D eigenvalue weighted by molar-refractivity contribution is 7.89. The van der Waals surface area contributed by atoms with Gasteiger partial charge in [-0.15, -0.1) is 0 Å². The molecule has 1 amide bonds.